The molecular formula is C17H30IN5O2S. The number of nitrogens with one attached hydrogen (secondary N) is 1. The molecule has 1 N–H and O–H groups in total. The lowest BCUT2D eigenvalue weighted by atomic mass is 10.2. The minimum Gasteiger partial charge on any atom is -0.363 e. The lowest BCUT2D eigenvalue weighted by molar-refractivity contribution is 0.353. The normalized spacial score (nSPS) is 18.8. The first-order chi connectivity index (χ1) is 11.7. The highest BCUT2D eigenvalue weighted by Crippen LogP contribution is 2.23. The molecule has 1 aliphatic rings. The molecule has 2 heterocycles. The third-order valence-corrected chi connectivity index (χ3v) is 6.89. The molecule has 1 aliphatic heterocycles. The van der Waals surface area contributed by atoms with Crippen molar-refractivity contribution in [3.05, 3.63) is 23.9 Å². The van der Waals surface area contributed by atoms with Crippen molar-refractivity contribution in [2.45, 2.75) is 32.1 Å². The fourth-order valence-electron chi connectivity index (χ4n) is 2.69. The Kier molecular flexibility index (Phi) is 8.12. The maximum Gasteiger partial charge on any atom is 0.194 e. The molecule has 2 rings (SSSR count). The molecule has 0 bridgehead atoms. The van der Waals surface area contributed by atoms with Crippen LogP contribution in [0.25, 0.3) is 0 Å². The van der Waals surface area contributed by atoms with Crippen LogP contribution in [0.4, 0.5) is 5.82 Å². The second-order valence-electron chi connectivity index (χ2n) is 7.09. The van der Waals surface area contributed by atoms with Crippen LogP contribution in [0.15, 0.2) is 23.3 Å². The van der Waals surface area contributed by atoms with Crippen molar-refractivity contribution >= 4 is 45.6 Å². The number of hydrogen-bond donors (Lipinski definition) is 1. The third-order valence-electron chi connectivity index (χ3n) is 4.36. The smallest absolute Gasteiger partial charge is 0.194 e. The maximum absolute atomic E-state index is 12.2. The van der Waals surface area contributed by atoms with Gasteiger partial charge in [0, 0.05) is 39.9 Å². The number of pyridine rings is 1. The molecule has 1 fully saturated rings. The van der Waals surface area contributed by atoms with Crippen LogP contribution >= 0.6 is 24.0 Å². The predicted molar refractivity (Wildman–Crippen MR) is 118 cm³/mol. The zero-order valence-corrected chi connectivity index (χ0v) is 19.3. The molecule has 0 aromatic carbocycles. The molecule has 0 amide bonds. The molecule has 0 aliphatic carbocycles. The standard InChI is InChI=1S/C17H29N5O2S.HI/c1-6-18-16(22-9-10-25(23,24)17(2,3)13-22)20-12-14-7-8-15(19-11-14)21(4)5;/h7-8,11H,6,9-10,12-13H2,1-5H3,(H,18,20);1H. The van der Waals surface area contributed by atoms with Crippen LogP contribution < -0.4 is 10.2 Å². The SMILES string of the molecule is CCNC(=NCc1ccc(N(C)C)nc1)N1CCS(=O)(=O)C(C)(C)C1.I. The monoisotopic (exact) mass is 495 g/mol. The zero-order chi connectivity index (χ0) is 18.7. The minimum absolute atomic E-state index is 0. The predicted octanol–water partition coefficient (Wildman–Crippen LogP) is 1.74. The number of nitrogens with zero attached hydrogens (tertiary/aromatic N) is 4. The number of hydrogen-bond acceptors (Lipinski definition) is 5. The Morgan fingerprint density at radius 2 is 2.08 bits per heavy atom. The van der Waals surface area contributed by atoms with Crippen molar-refractivity contribution in [2.75, 3.05) is 44.4 Å². The van der Waals surface area contributed by atoms with Gasteiger partial charge in [0.25, 0.3) is 0 Å². The average Bonchev–Trinajstić information content (AvgIpc) is 2.54. The molecule has 0 spiro atoms. The summed E-state index contributed by atoms with van der Waals surface area (Å²) >= 11 is 0. The largest absolute Gasteiger partial charge is 0.363 e. The van der Waals surface area contributed by atoms with Crippen molar-refractivity contribution in [3.63, 3.8) is 0 Å². The summed E-state index contributed by atoms with van der Waals surface area (Å²) in [5.74, 6) is 1.81. The van der Waals surface area contributed by atoms with E-state index >= 15 is 0 Å². The molecule has 0 radical (unpaired) electrons. The Bertz CT molecular complexity index is 717. The number of rotatable bonds is 4. The number of anilines is 1. The Balaban J connectivity index is 0.00000338. The van der Waals surface area contributed by atoms with E-state index in [1.165, 1.54) is 0 Å². The first kappa shape index (κ1) is 22.9. The number of aliphatic imine (C=N–C) groups is 1. The summed E-state index contributed by atoms with van der Waals surface area (Å²) in [5.41, 5.74) is 1.02. The molecule has 0 unspecified atom stereocenters. The van der Waals surface area contributed by atoms with Crippen LogP contribution in [0.3, 0.4) is 0 Å². The maximum atomic E-state index is 12.2. The van der Waals surface area contributed by atoms with Gasteiger partial charge in [-0.05, 0) is 32.4 Å². The van der Waals surface area contributed by atoms with Crippen LogP contribution in [-0.2, 0) is 16.4 Å². The van der Waals surface area contributed by atoms with Crippen LogP contribution in [0.5, 0.6) is 0 Å². The first-order valence-electron chi connectivity index (χ1n) is 8.54. The third kappa shape index (κ3) is 5.45. The zero-order valence-electron chi connectivity index (χ0n) is 16.2. The van der Waals surface area contributed by atoms with Gasteiger partial charge in [-0.1, -0.05) is 6.07 Å². The summed E-state index contributed by atoms with van der Waals surface area (Å²) in [4.78, 5) is 13.1. The van der Waals surface area contributed by atoms with Gasteiger partial charge in [0.05, 0.1) is 17.0 Å². The van der Waals surface area contributed by atoms with E-state index in [4.69, 9.17) is 0 Å². The van der Waals surface area contributed by atoms with Gasteiger partial charge in [-0.25, -0.2) is 18.4 Å². The fourth-order valence-corrected chi connectivity index (χ4v) is 4.06. The highest BCUT2D eigenvalue weighted by molar-refractivity contribution is 14.0. The molecule has 0 saturated carbocycles. The Morgan fingerprint density at radius 3 is 2.58 bits per heavy atom. The quantitative estimate of drug-likeness (QED) is 0.390. The van der Waals surface area contributed by atoms with E-state index in [1.54, 1.807) is 13.8 Å². The summed E-state index contributed by atoms with van der Waals surface area (Å²) in [6, 6.07) is 3.98. The Hall–Kier alpha value is -1.10. The summed E-state index contributed by atoms with van der Waals surface area (Å²) in [6.45, 7) is 7.72. The van der Waals surface area contributed by atoms with Crippen LogP contribution in [0.1, 0.15) is 26.3 Å². The molecule has 0 atom stereocenters. The Labute approximate surface area is 174 Å². The van der Waals surface area contributed by atoms with E-state index in [1.807, 2.05) is 49.1 Å². The minimum atomic E-state index is -3.06. The van der Waals surface area contributed by atoms with Gasteiger partial charge in [0.2, 0.25) is 0 Å². The topological polar surface area (TPSA) is 77.9 Å². The van der Waals surface area contributed by atoms with Gasteiger partial charge in [-0.3, -0.25) is 0 Å². The Morgan fingerprint density at radius 1 is 1.38 bits per heavy atom. The van der Waals surface area contributed by atoms with Gasteiger partial charge >= 0.3 is 0 Å². The van der Waals surface area contributed by atoms with E-state index < -0.39 is 14.6 Å². The van der Waals surface area contributed by atoms with E-state index in [-0.39, 0.29) is 29.7 Å². The molecule has 7 nitrogen and oxygen atoms in total. The highest BCUT2D eigenvalue weighted by Gasteiger charge is 2.40. The molecule has 26 heavy (non-hydrogen) atoms. The van der Waals surface area contributed by atoms with Gasteiger partial charge in [0.15, 0.2) is 15.8 Å². The van der Waals surface area contributed by atoms with Crippen LogP contribution in [-0.4, -0.2) is 68.5 Å². The van der Waals surface area contributed by atoms with Gasteiger partial charge in [0.1, 0.15) is 5.82 Å². The summed E-state index contributed by atoms with van der Waals surface area (Å²) < 4.78 is 23.6. The molecule has 1 saturated heterocycles. The van der Waals surface area contributed by atoms with E-state index in [9.17, 15) is 8.42 Å². The number of aromatic nitrogens is 1. The second-order valence-corrected chi connectivity index (χ2v) is 9.83. The number of halogens is 1. The van der Waals surface area contributed by atoms with Crippen molar-refractivity contribution < 1.29 is 8.42 Å². The van der Waals surface area contributed by atoms with E-state index in [0.29, 0.717) is 19.6 Å². The number of guanidine groups is 1. The molecular weight excluding hydrogens is 465 g/mol. The molecule has 1 aromatic heterocycles. The molecule has 1 aromatic rings. The summed E-state index contributed by atoms with van der Waals surface area (Å²) in [7, 11) is 0.846. The van der Waals surface area contributed by atoms with Crippen molar-refractivity contribution in [1.29, 1.82) is 0 Å². The number of sulfone groups is 1. The lowest BCUT2D eigenvalue weighted by Gasteiger charge is -2.39. The summed E-state index contributed by atoms with van der Waals surface area (Å²) in [5, 5.41) is 3.27. The molecule has 9 heteroatoms. The van der Waals surface area contributed by atoms with Crippen molar-refractivity contribution in [1.82, 2.24) is 15.2 Å². The van der Waals surface area contributed by atoms with Crippen molar-refractivity contribution in [2.24, 2.45) is 4.99 Å². The summed E-state index contributed by atoms with van der Waals surface area (Å²) in [6.07, 6.45) is 1.83. The molecule has 148 valence electrons. The van der Waals surface area contributed by atoms with E-state index in [2.05, 4.69) is 15.3 Å². The van der Waals surface area contributed by atoms with Crippen LogP contribution in [0, 0.1) is 0 Å². The van der Waals surface area contributed by atoms with Gasteiger partial charge in [-0.15, -0.1) is 24.0 Å². The van der Waals surface area contributed by atoms with E-state index in [0.717, 1.165) is 23.9 Å². The fraction of sp³-hybridized carbons (Fsp3) is 0.647. The highest BCUT2D eigenvalue weighted by atomic mass is 127. The first-order valence-corrected chi connectivity index (χ1v) is 10.2. The second kappa shape index (κ2) is 9.20. The van der Waals surface area contributed by atoms with Crippen LogP contribution in [0.2, 0.25) is 0 Å². The van der Waals surface area contributed by atoms with Crippen molar-refractivity contribution in [3.8, 4) is 0 Å². The van der Waals surface area contributed by atoms with Gasteiger partial charge in [-0.2, -0.15) is 0 Å². The average molecular weight is 495 g/mol. The lowest BCUT2D eigenvalue weighted by Crippen LogP contribution is -2.57. The van der Waals surface area contributed by atoms with Gasteiger partial charge < -0.3 is 15.1 Å².